The molecule has 3 aromatic rings. The maximum atomic E-state index is 13.8. The van der Waals surface area contributed by atoms with E-state index in [9.17, 15) is 33.9 Å². The number of ether oxygens (including phenoxy) is 2. The number of amides is 3. The van der Waals surface area contributed by atoms with Gasteiger partial charge in [0.1, 0.15) is 6.04 Å². The number of aliphatic hydroxyl groups excluding tert-OH is 1. The molecular formula is C53H70N4O9. The SMILES string of the molecule is COC(=O)C[C@H](C(=O)N1CCC[C@H]1C(=O)Cc1ccc([C@@H]2CC[C@@H](c3ccc(CC(=O)[C@@H]4CCCN4C(=O)[C@@H](NC(=O)OC)C(C)C)cc3)N2c2ccc(C(C)(C)CO)cc2)cc1)C(C)C. The predicted octanol–water partition coefficient (Wildman–Crippen LogP) is 7.46. The molecular weight excluding hydrogens is 837 g/mol. The molecule has 0 spiro atoms. The van der Waals surface area contributed by atoms with E-state index in [1.165, 1.54) is 14.2 Å². The molecule has 13 nitrogen and oxygen atoms in total. The third-order valence-electron chi connectivity index (χ3n) is 14.2. The lowest BCUT2D eigenvalue weighted by molar-refractivity contribution is -0.149. The topological polar surface area (TPSA) is 163 Å². The molecule has 66 heavy (non-hydrogen) atoms. The van der Waals surface area contributed by atoms with E-state index < -0.39 is 41.5 Å². The first-order valence-electron chi connectivity index (χ1n) is 23.7. The lowest BCUT2D eigenvalue weighted by Gasteiger charge is -2.34. The van der Waals surface area contributed by atoms with Crippen LogP contribution in [0.5, 0.6) is 0 Å². The third kappa shape index (κ3) is 11.3. The molecule has 0 unspecified atom stereocenters. The summed E-state index contributed by atoms with van der Waals surface area (Å²) in [5.74, 6) is -1.71. The number of Topliss-reactive ketones (excluding diaryl/α,β-unsaturated/α-hetero) is 2. The number of carbonyl (C=O) groups excluding carboxylic acids is 6. The van der Waals surface area contributed by atoms with Gasteiger partial charge in [-0.25, -0.2) is 4.79 Å². The fraction of sp³-hybridized carbons (Fsp3) is 0.547. The second kappa shape index (κ2) is 21.8. The van der Waals surface area contributed by atoms with Gasteiger partial charge in [0.05, 0.1) is 57.3 Å². The number of nitrogens with zero attached hydrogens (tertiary/aromatic N) is 3. The lowest BCUT2D eigenvalue weighted by Crippen LogP contribution is -2.53. The first-order chi connectivity index (χ1) is 31.5. The molecule has 0 bridgehead atoms. The van der Waals surface area contributed by atoms with Crippen molar-refractivity contribution in [2.24, 2.45) is 17.8 Å². The molecule has 3 fully saturated rings. The number of benzene rings is 3. The number of methoxy groups -OCH3 is 2. The maximum Gasteiger partial charge on any atom is 0.407 e. The highest BCUT2D eigenvalue weighted by Crippen LogP contribution is 2.47. The average Bonchev–Trinajstić information content (AvgIpc) is 4.11. The quantitative estimate of drug-likeness (QED) is 0.123. The second-order valence-corrected chi connectivity index (χ2v) is 19.7. The second-order valence-electron chi connectivity index (χ2n) is 19.7. The molecule has 13 heteroatoms. The monoisotopic (exact) mass is 907 g/mol. The van der Waals surface area contributed by atoms with E-state index in [2.05, 4.69) is 58.7 Å². The van der Waals surface area contributed by atoms with Gasteiger partial charge in [0.2, 0.25) is 11.8 Å². The Balaban J connectivity index is 1.18. The Bertz CT molecular complexity index is 2060. The Kier molecular flexibility index (Phi) is 16.5. The molecule has 6 atom stereocenters. The Labute approximate surface area is 390 Å². The van der Waals surface area contributed by atoms with E-state index in [1.807, 2.05) is 65.8 Å². The number of ketones is 2. The fourth-order valence-electron chi connectivity index (χ4n) is 10.0. The summed E-state index contributed by atoms with van der Waals surface area (Å²) in [5, 5.41) is 12.7. The summed E-state index contributed by atoms with van der Waals surface area (Å²) in [6.45, 7) is 12.5. The normalized spacial score (nSPS) is 20.7. The van der Waals surface area contributed by atoms with Crippen LogP contribution in [0.15, 0.2) is 72.8 Å². The highest BCUT2D eigenvalue weighted by atomic mass is 16.5. The Morgan fingerprint density at radius 2 is 1.15 bits per heavy atom. The predicted molar refractivity (Wildman–Crippen MR) is 253 cm³/mol. The standard InChI is InChI=1S/C53H70N4O9/c1-33(2)41(31-48(61)65-7)50(62)55-27-9-11-44(55)46(59)29-35-13-17-37(18-14-35)42-25-26-43(57(42)40-23-21-39(22-24-40)53(5,6)32-58)38-19-15-36(16-20-38)30-47(60)45-12-10-28-56(45)51(63)49(34(3)4)54-52(64)66-8/h13-24,33-34,41-45,49,58H,9-12,25-32H2,1-8H3,(H,54,64)/t41-,42-,43-,44-,45-,49-/m0/s1. The zero-order chi connectivity index (χ0) is 47.9. The van der Waals surface area contributed by atoms with Crippen LogP contribution in [0.2, 0.25) is 0 Å². The largest absolute Gasteiger partial charge is 0.469 e. The Hall–Kier alpha value is -5.56. The number of hydrogen-bond acceptors (Lipinski definition) is 10. The van der Waals surface area contributed by atoms with Crippen molar-refractivity contribution in [3.8, 4) is 0 Å². The van der Waals surface area contributed by atoms with Gasteiger partial charge in [-0.2, -0.15) is 0 Å². The minimum absolute atomic E-state index is 0.00506. The number of likely N-dealkylation sites (tertiary alicyclic amines) is 2. The summed E-state index contributed by atoms with van der Waals surface area (Å²) in [7, 11) is 2.58. The number of carbonyl (C=O) groups is 6. The third-order valence-corrected chi connectivity index (χ3v) is 14.2. The van der Waals surface area contributed by atoms with E-state index >= 15 is 0 Å². The van der Waals surface area contributed by atoms with Crippen LogP contribution in [0.3, 0.4) is 0 Å². The molecule has 3 saturated heterocycles. The van der Waals surface area contributed by atoms with Crippen LogP contribution in [-0.2, 0) is 51.7 Å². The molecule has 0 aromatic heterocycles. The minimum Gasteiger partial charge on any atom is -0.469 e. The number of alkyl carbamates (subject to hydrolysis) is 1. The van der Waals surface area contributed by atoms with Crippen LogP contribution in [-0.4, -0.2) is 102 Å². The van der Waals surface area contributed by atoms with Gasteiger partial charge in [-0.15, -0.1) is 0 Å². The summed E-state index contributed by atoms with van der Waals surface area (Å²) >= 11 is 0. The first kappa shape index (κ1) is 49.9. The van der Waals surface area contributed by atoms with E-state index in [0.717, 1.165) is 52.8 Å². The molecule has 3 amide bonds. The van der Waals surface area contributed by atoms with Gasteiger partial charge in [0.25, 0.3) is 0 Å². The van der Waals surface area contributed by atoms with Gasteiger partial charge in [-0.1, -0.05) is 102 Å². The molecule has 0 saturated carbocycles. The molecule has 0 radical (unpaired) electrons. The van der Waals surface area contributed by atoms with Gasteiger partial charge in [-0.3, -0.25) is 24.0 Å². The van der Waals surface area contributed by atoms with Crippen molar-refractivity contribution in [3.63, 3.8) is 0 Å². The molecule has 356 valence electrons. The molecule has 3 aliphatic heterocycles. The number of esters is 1. The van der Waals surface area contributed by atoms with Crippen molar-refractivity contribution in [2.75, 3.05) is 38.8 Å². The van der Waals surface area contributed by atoms with E-state index in [-0.39, 0.29) is 73.2 Å². The van der Waals surface area contributed by atoms with Crippen molar-refractivity contribution < 1.29 is 43.3 Å². The Morgan fingerprint density at radius 3 is 1.58 bits per heavy atom. The van der Waals surface area contributed by atoms with E-state index in [0.29, 0.717) is 32.4 Å². The molecule has 3 aliphatic rings. The molecule has 2 N–H and O–H groups in total. The number of hydrogen-bond donors (Lipinski definition) is 2. The summed E-state index contributed by atoms with van der Waals surface area (Å²) in [6, 6.07) is 23.1. The van der Waals surface area contributed by atoms with Crippen LogP contribution < -0.4 is 10.2 Å². The van der Waals surface area contributed by atoms with Crippen molar-refractivity contribution in [2.45, 2.75) is 135 Å². The first-order valence-corrected chi connectivity index (χ1v) is 23.7. The fourth-order valence-corrected chi connectivity index (χ4v) is 10.0. The highest BCUT2D eigenvalue weighted by molar-refractivity contribution is 5.94. The van der Waals surface area contributed by atoms with Gasteiger partial charge >= 0.3 is 12.1 Å². The molecule has 0 aliphatic carbocycles. The number of nitrogens with one attached hydrogen (secondary N) is 1. The van der Waals surface area contributed by atoms with Crippen LogP contribution >= 0.6 is 0 Å². The van der Waals surface area contributed by atoms with Crippen LogP contribution in [0.4, 0.5) is 10.5 Å². The van der Waals surface area contributed by atoms with Crippen molar-refractivity contribution in [3.05, 3.63) is 101 Å². The molecule has 6 rings (SSSR count). The zero-order valence-electron chi connectivity index (χ0n) is 40.1. The summed E-state index contributed by atoms with van der Waals surface area (Å²) in [4.78, 5) is 84.8. The average molecular weight is 907 g/mol. The number of aliphatic hydroxyl groups is 1. The number of anilines is 1. The van der Waals surface area contributed by atoms with Crippen molar-refractivity contribution in [1.29, 1.82) is 0 Å². The highest BCUT2D eigenvalue weighted by Gasteiger charge is 2.41. The van der Waals surface area contributed by atoms with E-state index in [1.54, 1.807) is 9.80 Å². The summed E-state index contributed by atoms with van der Waals surface area (Å²) in [5.41, 5.74) is 5.66. The van der Waals surface area contributed by atoms with Gasteiger partial charge in [-0.05, 0) is 90.3 Å². The smallest absolute Gasteiger partial charge is 0.407 e. The zero-order valence-corrected chi connectivity index (χ0v) is 40.1. The van der Waals surface area contributed by atoms with Crippen LogP contribution in [0.25, 0.3) is 0 Å². The summed E-state index contributed by atoms with van der Waals surface area (Å²) in [6.07, 6.45) is 4.08. The van der Waals surface area contributed by atoms with Gasteiger partial charge in [0.15, 0.2) is 11.6 Å². The lowest BCUT2D eigenvalue weighted by atomic mass is 9.85. The van der Waals surface area contributed by atoms with Gasteiger partial charge in [0, 0.05) is 37.0 Å². The maximum absolute atomic E-state index is 13.8. The summed E-state index contributed by atoms with van der Waals surface area (Å²) < 4.78 is 9.62. The van der Waals surface area contributed by atoms with Crippen LogP contribution in [0.1, 0.15) is 126 Å². The van der Waals surface area contributed by atoms with Crippen molar-refractivity contribution >= 4 is 41.1 Å². The molecule has 3 heterocycles. The Morgan fingerprint density at radius 1 is 0.667 bits per heavy atom. The number of rotatable bonds is 18. The van der Waals surface area contributed by atoms with Crippen molar-refractivity contribution in [1.82, 2.24) is 15.1 Å². The minimum atomic E-state index is -0.792. The van der Waals surface area contributed by atoms with E-state index in [4.69, 9.17) is 9.47 Å². The molecule has 3 aromatic carbocycles. The van der Waals surface area contributed by atoms with Gasteiger partial charge < -0.3 is 34.6 Å². The van der Waals surface area contributed by atoms with Crippen LogP contribution in [0, 0.1) is 17.8 Å².